The summed E-state index contributed by atoms with van der Waals surface area (Å²) in [6, 6.07) is 16.2. The summed E-state index contributed by atoms with van der Waals surface area (Å²) in [7, 11) is 0. The second-order valence-corrected chi connectivity index (χ2v) is 7.61. The molecule has 4 rings (SSSR count). The van der Waals surface area contributed by atoms with Crippen LogP contribution in [0, 0.1) is 19.3 Å². The quantitative estimate of drug-likeness (QED) is 0.495. The summed E-state index contributed by atoms with van der Waals surface area (Å²) in [6.07, 6.45) is 2.66. The van der Waals surface area contributed by atoms with Crippen LogP contribution in [0.5, 0.6) is 0 Å². The monoisotopic (exact) mass is 412 g/mol. The molecule has 7 heteroatoms. The van der Waals surface area contributed by atoms with Gasteiger partial charge >= 0.3 is 5.69 Å². The van der Waals surface area contributed by atoms with Crippen molar-refractivity contribution in [2.45, 2.75) is 26.9 Å². The number of aliphatic imine (C=N–C) groups is 2. The molecule has 31 heavy (non-hydrogen) atoms. The van der Waals surface area contributed by atoms with Crippen molar-refractivity contribution in [3.63, 3.8) is 0 Å². The molecule has 0 bridgehead atoms. The van der Waals surface area contributed by atoms with Crippen LogP contribution in [0.2, 0.25) is 0 Å². The Morgan fingerprint density at radius 2 is 1.61 bits per heavy atom. The minimum Gasteiger partial charge on any atom is -0.311 e. The molecule has 1 aliphatic rings. The zero-order valence-electron chi connectivity index (χ0n) is 17.6. The average molecular weight is 412 g/mol. The lowest BCUT2D eigenvalue weighted by Gasteiger charge is -2.15. The van der Waals surface area contributed by atoms with Gasteiger partial charge in [0, 0.05) is 0 Å². The maximum atomic E-state index is 12.7. The SMILES string of the molecule is C=c1c(=C2N=CN(Cc3ccc(C)cc3)C2=NC=N)[nH]c(=O)n1Cc1ccc(C)cc1. The number of nitrogens with zero attached hydrogens (tertiary/aromatic N) is 4. The number of aromatic amines is 1. The molecule has 0 aliphatic carbocycles. The molecule has 1 aromatic heterocycles. The van der Waals surface area contributed by atoms with E-state index < -0.39 is 0 Å². The Bertz CT molecular complexity index is 1340. The van der Waals surface area contributed by atoms with E-state index in [0.29, 0.717) is 35.3 Å². The number of nitrogens with one attached hydrogen (secondary N) is 2. The third-order valence-electron chi connectivity index (χ3n) is 5.26. The molecule has 0 radical (unpaired) electrons. The Kier molecular flexibility index (Phi) is 5.49. The van der Waals surface area contributed by atoms with Gasteiger partial charge < -0.3 is 9.88 Å². The molecule has 0 fully saturated rings. The lowest BCUT2D eigenvalue weighted by atomic mass is 10.1. The van der Waals surface area contributed by atoms with Crippen molar-refractivity contribution in [3.8, 4) is 0 Å². The highest BCUT2D eigenvalue weighted by Crippen LogP contribution is 2.15. The number of aryl methyl sites for hydroxylation is 2. The predicted molar refractivity (Wildman–Crippen MR) is 125 cm³/mol. The van der Waals surface area contributed by atoms with Crippen LogP contribution in [0.25, 0.3) is 12.3 Å². The third kappa shape index (κ3) is 4.16. The van der Waals surface area contributed by atoms with Gasteiger partial charge in [-0.1, -0.05) is 66.2 Å². The number of amidine groups is 1. The highest BCUT2D eigenvalue weighted by molar-refractivity contribution is 6.25. The Morgan fingerprint density at radius 1 is 1.03 bits per heavy atom. The molecule has 0 unspecified atom stereocenters. The summed E-state index contributed by atoms with van der Waals surface area (Å²) in [6.45, 7) is 9.16. The fourth-order valence-electron chi connectivity index (χ4n) is 3.50. The van der Waals surface area contributed by atoms with E-state index in [2.05, 4.69) is 45.8 Å². The second-order valence-electron chi connectivity index (χ2n) is 7.61. The highest BCUT2D eigenvalue weighted by atomic mass is 16.1. The number of benzene rings is 2. The van der Waals surface area contributed by atoms with Crippen LogP contribution in [0.15, 0.2) is 63.3 Å². The maximum Gasteiger partial charge on any atom is 0.326 e. The summed E-state index contributed by atoms with van der Waals surface area (Å²) >= 11 is 0. The van der Waals surface area contributed by atoms with Gasteiger partial charge in [-0.05, 0) is 25.0 Å². The van der Waals surface area contributed by atoms with Crippen LogP contribution in [0.4, 0.5) is 0 Å². The first-order valence-corrected chi connectivity index (χ1v) is 9.97. The third-order valence-corrected chi connectivity index (χ3v) is 5.26. The lowest BCUT2D eigenvalue weighted by Crippen LogP contribution is -2.35. The molecule has 2 heterocycles. The molecule has 0 amide bonds. The molecule has 0 spiro atoms. The van der Waals surface area contributed by atoms with E-state index in [-0.39, 0.29) is 5.69 Å². The Labute approximate surface area is 179 Å². The van der Waals surface area contributed by atoms with Crippen LogP contribution < -0.4 is 16.4 Å². The maximum absolute atomic E-state index is 12.7. The van der Waals surface area contributed by atoms with E-state index in [1.807, 2.05) is 43.0 Å². The Balaban J connectivity index is 1.72. The fourth-order valence-corrected chi connectivity index (χ4v) is 3.50. The normalized spacial score (nSPS) is 16.3. The van der Waals surface area contributed by atoms with Crippen LogP contribution in [-0.4, -0.2) is 33.0 Å². The van der Waals surface area contributed by atoms with Crippen LogP contribution in [-0.2, 0) is 13.1 Å². The number of H-pyrrole nitrogens is 1. The first kappa shape index (κ1) is 20.3. The first-order chi connectivity index (χ1) is 15.0. The van der Waals surface area contributed by atoms with Crippen molar-refractivity contribution in [1.29, 1.82) is 5.41 Å². The fraction of sp³-hybridized carbons (Fsp3) is 0.167. The van der Waals surface area contributed by atoms with Gasteiger partial charge in [-0.25, -0.2) is 14.8 Å². The van der Waals surface area contributed by atoms with Crippen molar-refractivity contribution in [2.75, 3.05) is 0 Å². The molecule has 156 valence electrons. The topological polar surface area (TPSA) is 89.6 Å². The van der Waals surface area contributed by atoms with E-state index in [0.717, 1.165) is 23.0 Å². The molecule has 3 aromatic rings. The Morgan fingerprint density at radius 3 is 2.19 bits per heavy atom. The molecule has 2 aromatic carbocycles. The van der Waals surface area contributed by atoms with Crippen molar-refractivity contribution in [3.05, 3.63) is 92.0 Å². The summed E-state index contributed by atoms with van der Waals surface area (Å²) < 4.78 is 1.59. The van der Waals surface area contributed by atoms with E-state index in [1.165, 1.54) is 5.56 Å². The van der Waals surface area contributed by atoms with Gasteiger partial charge in [0.25, 0.3) is 0 Å². The van der Waals surface area contributed by atoms with Gasteiger partial charge in [0.05, 0.1) is 30.1 Å². The van der Waals surface area contributed by atoms with E-state index in [4.69, 9.17) is 5.41 Å². The first-order valence-electron chi connectivity index (χ1n) is 9.97. The predicted octanol–water partition coefficient (Wildman–Crippen LogP) is 1.91. The number of rotatable bonds is 5. The van der Waals surface area contributed by atoms with Crippen LogP contribution in [0.1, 0.15) is 22.3 Å². The summed E-state index contributed by atoms with van der Waals surface area (Å²) in [5.41, 5.74) is 4.70. The second kappa shape index (κ2) is 8.39. The molecule has 0 saturated heterocycles. The van der Waals surface area contributed by atoms with Gasteiger partial charge in [0.1, 0.15) is 12.0 Å². The molecule has 0 saturated carbocycles. The minimum absolute atomic E-state index is 0.255. The molecular formula is C24H24N6O. The number of hydrogen-bond donors (Lipinski definition) is 2. The molecule has 0 atom stereocenters. The zero-order valence-corrected chi connectivity index (χ0v) is 17.6. The van der Waals surface area contributed by atoms with Gasteiger partial charge in [-0.15, -0.1) is 0 Å². The average Bonchev–Trinajstić information content (AvgIpc) is 3.27. The summed E-state index contributed by atoms with van der Waals surface area (Å²) in [5.74, 6) is 0.504. The zero-order chi connectivity index (χ0) is 22.0. The molecule has 7 nitrogen and oxygen atoms in total. The van der Waals surface area contributed by atoms with Crippen molar-refractivity contribution in [2.24, 2.45) is 9.98 Å². The lowest BCUT2D eigenvalue weighted by molar-refractivity contribution is 0.636. The molecular weight excluding hydrogens is 388 g/mol. The number of aromatic nitrogens is 2. The summed E-state index contributed by atoms with van der Waals surface area (Å²) in [4.78, 5) is 26.1. The van der Waals surface area contributed by atoms with Crippen molar-refractivity contribution >= 4 is 30.8 Å². The smallest absolute Gasteiger partial charge is 0.311 e. The van der Waals surface area contributed by atoms with Crippen LogP contribution in [0.3, 0.4) is 0 Å². The van der Waals surface area contributed by atoms with E-state index >= 15 is 0 Å². The van der Waals surface area contributed by atoms with Crippen LogP contribution >= 0.6 is 0 Å². The van der Waals surface area contributed by atoms with Crippen molar-refractivity contribution < 1.29 is 0 Å². The molecule has 1 aliphatic heterocycles. The van der Waals surface area contributed by atoms with Gasteiger partial charge in [-0.3, -0.25) is 9.98 Å². The summed E-state index contributed by atoms with van der Waals surface area (Å²) in [5, 5.41) is 8.53. The highest BCUT2D eigenvalue weighted by Gasteiger charge is 2.22. The molecule has 2 N–H and O–H groups in total. The number of hydrogen-bond acceptors (Lipinski definition) is 3. The van der Waals surface area contributed by atoms with Crippen molar-refractivity contribution in [1.82, 2.24) is 14.5 Å². The van der Waals surface area contributed by atoms with Gasteiger partial charge in [0.2, 0.25) is 0 Å². The van der Waals surface area contributed by atoms with E-state index in [9.17, 15) is 4.79 Å². The van der Waals surface area contributed by atoms with Gasteiger partial charge in [-0.2, -0.15) is 0 Å². The number of imidazole rings is 1. The standard InChI is InChI=1S/C24H24N6O/c1-16-4-8-19(9-5-16)12-29-15-27-22(23(29)26-14-25)21-18(3)30(24(31)28-21)13-20-10-6-17(2)7-11-20/h4-11,14-15,25H,3,12-13H2,1-2H3,(H,28,31). The largest absolute Gasteiger partial charge is 0.326 e. The van der Waals surface area contributed by atoms with Gasteiger partial charge in [0.15, 0.2) is 5.84 Å². The Hall–Kier alpha value is -4.00. The van der Waals surface area contributed by atoms with E-state index in [1.54, 1.807) is 10.9 Å². The minimum atomic E-state index is -0.255.